The van der Waals surface area contributed by atoms with Crippen LogP contribution in [0.1, 0.15) is 38.0 Å². The van der Waals surface area contributed by atoms with Gasteiger partial charge in [0.15, 0.2) is 6.10 Å². The summed E-state index contributed by atoms with van der Waals surface area (Å²) < 4.78 is 5.19. The highest BCUT2D eigenvalue weighted by Gasteiger charge is 2.35. The Morgan fingerprint density at radius 3 is 2.45 bits per heavy atom. The number of ether oxygens (including phenoxy) is 1. The Morgan fingerprint density at radius 2 is 1.79 bits per heavy atom. The molecule has 1 atom stereocenters. The van der Waals surface area contributed by atoms with Crippen molar-refractivity contribution in [3.8, 4) is 0 Å². The van der Waals surface area contributed by atoms with Crippen LogP contribution in [0.25, 0.3) is 0 Å². The molecule has 0 saturated heterocycles. The van der Waals surface area contributed by atoms with Gasteiger partial charge in [0.1, 0.15) is 0 Å². The minimum absolute atomic E-state index is 0.0662. The number of halogens is 1. The lowest BCUT2D eigenvalue weighted by molar-refractivity contribution is -0.123. The quantitative estimate of drug-likeness (QED) is 0.446. The van der Waals surface area contributed by atoms with Crippen LogP contribution in [0.3, 0.4) is 0 Å². The summed E-state index contributed by atoms with van der Waals surface area (Å²) in [5.74, 6) is -2.26. The lowest BCUT2D eigenvalue weighted by Crippen LogP contribution is -2.30. The monoisotopic (exact) mass is 412 g/mol. The zero-order valence-electron chi connectivity index (χ0n) is 15.5. The van der Waals surface area contributed by atoms with Crippen molar-refractivity contribution in [3.05, 3.63) is 76.8 Å². The molecule has 29 heavy (non-hydrogen) atoms. The molecule has 0 bridgehead atoms. The van der Waals surface area contributed by atoms with E-state index in [-0.39, 0.29) is 23.2 Å². The number of anilines is 1. The van der Waals surface area contributed by atoms with Crippen molar-refractivity contribution in [2.75, 3.05) is 11.9 Å². The summed E-state index contributed by atoms with van der Waals surface area (Å²) in [6, 6.07) is 10.5. The highest BCUT2D eigenvalue weighted by Crippen LogP contribution is 2.24. The minimum atomic E-state index is -1.08. The van der Waals surface area contributed by atoms with Crippen molar-refractivity contribution in [1.82, 2.24) is 4.90 Å². The lowest BCUT2D eigenvalue weighted by Gasteiger charge is -2.14. The second-order valence-electron chi connectivity index (χ2n) is 6.31. The lowest BCUT2D eigenvalue weighted by atomic mass is 10.1. The number of carbonyl (C=O) groups excluding carboxylic acids is 4. The molecule has 0 spiro atoms. The van der Waals surface area contributed by atoms with E-state index in [4.69, 9.17) is 16.3 Å². The van der Waals surface area contributed by atoms with Gasteiger partial charge in [-0.15, -0.1) is 6.58 Å². The van der Waals surface area contributed by atoms with E-state index in [1.54, 1.807) is 24.3 Å². The van der Waals surface area contributed by atoms with Gasteiger partial charge in [0, 0.05) is 17.3 Å². The van der Waals surface area contributed by atoms with Crippen LogP contribution in [-0.2, 0) is 9.53 Å². The molecule has 3 amide bonds. The van der Waals surface area contributed by atoms with E-state index in [1.807, 2.05) is 0 Å². The molecule has 148 valence electrons. The second kappa shape index (κ2) is 8.28. The molecular weight excluding hydrogens is 396 g/mol. The summed E-state index contributed by atoms with van der Waals surface area (Å²) in [6.45, 7) is 5.03. The standard InChI is InChI=1S/C21H17ClN2O5/c1-3-10-24-19(26)16-9-4-13(11-17(16)20(24)27)21(28)29-12(2)18(25)23-15-7-5-14(22)6-8-15/h3-9,11-12H,1,10H2,2H3,(H,23,25)/t12-/m0/s1. The maximum Gasteiger partial charge on any atom is 0.338 e. The third kappa shape index (κ3) is 4.20. The number of nitrogens with one attached hydrogen (secondary N) is 1. The number of hydrogen-bond donors (Lipinski definition) is 1. The average molecular weight is 413 g/mol. The largest absolute Gasteiger partial charge is 0.449 e. The third-order valence-corrected chi connectivity index (χ3v) is 4.53. The Kier molecular flexibility index (Phi) is 5.79. The van der Waals surface area contributed by atoms with Crippen LogP contribution in [0.4, 0.5) is 5.69 Å². The number of amides is 3. The normalized spacial score (nSPS) is 13.7. The maximum atomic E-state index is 12.4. The fourth-order valence-electron chi connectivity index (χ4n) is 2.77. The van der Waals surface area contributed by atoms with Crippen molar-refractivity contribution < 1.29 is 23.9 Å². The molecule has 1 aliphatic rings. The molecule has 2 aromatic carbocycles. The van der Waals surface area contributed by atoms with Gasteiger partial charge in [-0.05, 0) is 49.4 Å². The summed E-state index contributed by atoms with van der Waals surface area (Å²) in [7, 11) is 0. The fourth-order valence-corrected chi connectivity index (χ4v) is 2.90. The highest BCUT2D eigenvalue weighted by atomic mass is 35.5. The zero-order chi connectivity index (χ0) is 21.1. The van der Waals surface area contributed by atoms with Gasteiger partial charge in [-0.2, -0.15) is 0 Å². The molecule has 3 rings (SSSR count). The van der Waals surface area contributed by atoms with Gasteiger partial charge in [-0.25, -0.2) is 4.79 Å². The first-order valence-electron chi connectivity index (χ1n) is 8.70. The van der Waals surface area contributed by atoms with E-state index in [9.17, 15) is 19.2 Å². The van der Waals surface area contributed by atoms with E-state index in [2.05, 4.69) is 11.9 Å². The van der Waals surface area contributed by atoms with Gasteiger partial charge in [-0.1, -0.05) is 17.7 Å². The fraction of sp³-hybridized carbons (Fsp3) is 0.143. The SMILES string of the molecule is C=CCN1C(=O)c2ccc(C(=O)O[C@@H](C)C(=O)Nc3ccc(Cl)cc3)cc2C1=O. The number of nitrogens with zero attached hydrogens (tertiary/aromatic N) is 1. The maximum absolute atomic E-state index is 12.4. The first-order chi connectivity index (χ1) is 13.8. The number of rotatable bonds is 6. The van der Waals surface area contributed by atoms with E-state index < -0.39 is 29.8 Å². The number of fused-ring (bicyclic) bond motifs is 1. The molecule has 1 aliphatic heterocycles. The molecule has 0 radical (unpaired) electrons. The van der Waals surface area contributed by atoms with Gasteiger partial charge in [0.25, 0.3) is 17.7 Å². The van der Waals surface area contributed by atoms with E-state index in [0.717, 1.165) is 4.90 Å². The topological polar surface area (TPSA) is 92.8 Å². The Hall–Kier alpha value is -3.45. The van der Waals surface area contributed by atoms with E-state index in [0.29, 0.717) is 10.7 Å². The summed E-state index contributed by atoms with van der Waals surface area (Å²) >= 11 is 5.80. The first-order valence-corrected chi connectivity index (χ1v) is 9.08. The summed E-state index contributed by atoms with van der Waals surface area (Å²) in [5.41, 5.74) is 0.897. The smallest absolute Gasteiger partial charge is 0.338 e. The van der Waals surface area contributed by atoms with Crippen LogP contribution in [0.5, 0.6) is 0 Å². The summed E-state index contributed by atoms with van der Waals surface area (Å²) in [6.07, 6.45) is 0.360. The average Bonchev–Trinajstić information content (AvgIpc) is 2.94. The molecule has 0 fully saturated rings. The Balaban J connectivity index is 1.69. The predicted octanol–water partition coefficient (Wildman–Crippen LogP) is 3.31. The van der Waals surface area contributed by atoms with Crippen LogP contribution >= 0.6 is 11.6 Å². The molecule has 7 nitrogen and oxygen atoms in total. The second-order valence-corrected chi connectivity index (χ2v) is 6.75. The van der Waals surface area contributed by atoms with E-state index in [1.165, 1.54) is 31.2 Å². The van der Waals surface area contributed by atoms with Crippen LogP contribution in [0.15, 0.2) is 55.1 Å². The number of imide groups is 1. The molecule has 1 N–H and O–H groups in total. The van der Waals surface area contributed by atoms with Gasteiger partial charge in [0.05, 0.1) is 16.7 Å². The molecule has 0 aromatic heterocycles. The van der Waals surface area contributed by atoms with Crippen molar-refractivity contribution in [3.63, 3.8) is 0 Å². The number of hydrogen-bond acceptors (Lipinski definition) is 5. The Labute approximate surface area is 171 Å². The highest BCUT2D eigenvalue weighted by molar-refractivity contribution is 6.30. The van der Waals surface area contributed by atoms with Crippen molar-refractivity contribution >= 4 is 41.0 Å². The van der Waals surface area contributed by atoms with Gasteiger partial charge in [0.2, 0.25) is 0 Å². The van der Waals surface area contributed by atoms with Gasteiger partial charge < -0.3 is 10.1 Å². The zero-order valence-corrected chi connectivity index (χ0v) is 16.2. The summed E-state index contributed by atoms with van der Waals surface area (Å²) in [4.78, 5) is 50.2. The number of esters is 1. The van der Waals surface area contributed by atoms with Gasteiger partial charge in [-0.3, -0.25) is 19.3 Å². The minimum Gasteiger partial charge on any atom is -0.449 e. The molecule has 1 heterocycles. The van der Waals surface area contributed by atoms with E-state index >= 15 is 0 Å². The Morgan fingerprint density at radius 1 is 1.14 bits per heavy atom. The molecular formula is C21H17ClN2O5. The first kappa shape index (κ1) is 20.3. The van der Waals surface area contributed by atoms with Gasteiger partial charge >= 0.3 is 5.97 Å². The third-order valence-electron chi connectivity index (χ3n) is 4.28. The van der Waals surface area contributed by atoms with Crippen LogP contribution < -0.4 is 5.32 Å². The van der Waals surface area contributed by atoms with Crippen LogP contribution in [0, 0.1) is 0 Å². The van der Waals surface area contributed by atoms with Crippen LogP contribution in [-0.4, -0.2) is 41.2 Å². The number of carbonyl (C=O) groups is 4. The molecule has 0 aliphatic carbocycles. The Bertz CT molecular complexity index is 1020. The molecule has 0 saturated carbocycles. The molecule has 2 aromatic rings. The van der Waals surface area contributed by atoms with Crippen molar-refractivity contribution in [2.24, 2.45) is 0 Å². The molecule has 8 heteroatoms. The van der Waals surface area contributed by atoms with Crippen molar-refractivity contribution in [2.45, 2.75) is 13.0 Å². The van der Waals surface area contributed by atoms with Crippen molar-refractivity contribution in [1.29, 1.82) is 0 Å². The number of benzene rings is 2. The summed E-state index contributed by atoms with van der Waals surface area (Å²) in [5, 5.41) is 3.14. The van der Waals surface area contributed by atoms with Crippen LogP contribution in [0.2, 0.25) is 5.02 Å². The molecule has 0 unspecified atom stereocenters. The predicted molar refractivity (Wildman–Crippen MR) is 107 cm³/mol.